The second-order valence-electron chi connectivity index (χ2n) is 4.92. The highest BCUT2D eigenvalue weighted by molar-refractivity contribution is 5.63. The van der Waals surface area contributed by atoms with Crippen LogP contribution in [0, 0.1) is 19.7 Å². The summed E-state index contributed by atoms with van der Waals surface area (Å²) in [4.78, 5) is 0. The first-order valence-electron chi connectivity index (χ1n) is 6.47. The third kappa shape index (κ3) is 2.35. The number of aryl methyl sites for hydroxylation is 2. The summed E-state index contributed by atoms with van der Waals surface area (Å²) in [5, 5.41) is 11.7. The molecule has 21 heavy (non-hydrogen) atoms. The van der Waals surface area contributed by atoms with Crippen LogP contribution in [0.5, 0.6) is 0 Å². The first kappa shape index (κ1) is 13.2. The van der Waals surface area contributed by atoms with Gasteiger partial charge >= 0.3 is 0 Å². The summed E-state index contributed by atoms with van der Waals surface area (Å²) in [6.45, 7) is 3.63. The second kappa shape index (κ2) is 4.97. The Bertz CT molecular complexity index is 744. The molecule has 106 valence electrons. The van der Waals surface area contributed by atoms with Gasteiger partial charge in [0.2, 0.25) is 0 Å². The maximum absolute atomic E-state index is 13.7. The molecule has 2 N–H and O–H groups in total. The SMILES string of the molecule is Cc1cc(-c2nnnn2-c2ccc(C)c(F)c2)ccc1N. The van der Waals surface area contributed by atoms with Crippen molar-refractivity contribution in [1.82, 2.24) is 20.2 Å². The summed E-state index contributed by atoms with van der Waals surface area (Å²) in [6, 6.07) is 10.4. The molecule has 0 fully saturated rings. The number of nitrogen functional groups attached to an aromatic ring is 1. The molecule has 0 atom stereocenters. The molecule has 6 heteroatoms. The molecule has 0 spiro atoms. The fraction of sp³-hybridized carbons (Fsp3) is 0.133. The third-order valence-corrected chi connectivity index (χ3v) is 3.40. The average molecular weight is 283 g/mol. The largest absolute Gasteiger partial charge is 0.399 e. The van der Waals surface area contributed by atoms with Gasteiger partial charge in [-0.15, -0.1) is 5.10 Å². The van der Waals surface area contributed by atoms with Crippen LogP contribution >= 0.6 is 0 Å². The van der Waals surface area contributed by atoms with Crippen LogP contribution in [-0.2, 0) is 0 Å². The zero-order valence-electron chi connectivity index (χ0n) is 11.7. The van der Waals surface area contributed by atoms with E-state index in [1.165, 1.54) is 10.7 Å². The third-order valence-electron chi connectivity index (χ3n) is 3.40. The minimum Gasteiger partial charge on any atom is -0.399 e. The van der Waals surface area contributed by atoms with Crippen LogP contribution in [0.3, 0.4) is 0 Å². The van der Waals surface area contributed by atoms with Gasteiger partial charge in [-0.1, -0.05) is 6.07 Å². The Hall–Kier alpha value is -2.76. The van der Waals surface area contributed by atoms with Crippen molar-refractivity contribution >= 4 is 5.69 Å². The lowest BCUT2D eigenvalue weighted by Crippen LogP contribution is -2.01. The maximum Gasteiger partial charge on any atom is 0.187 e. The number of tetrazole rings is 1. The maximum atomic E-state index is 13.7. The molecule has 1 aromatic heterocycles. The molecule has 0 saturated carbocycles. The monoisotopic (exact) mass is 283 g/mol. The molecule has 0 aliphatic heterocycles. The summed E-state index contributed by atoms with van der Waals surface area (Å²) in [6.07, 6.45) is 0. The Kier molecular flexibility index (Phi) is 3.13. The molecule has 0 saturated heterocycles. The number of halogens is 1. The molecule has 1 heterocycles. The van der Waals surface area contributed by atoms with Crippen molar-refractivity contribution in [2.75, 3.05) is 5.73 Å². The van der Waals surface area contributed by atoms with E-state index in [9.17, 15) is 4.39 Å². The van der Waals surface area contributed by atoms with Crippen molar-refractivity contribution in [1.29, 1.82) is 0 Å². The first-order chi connectivity index (χ1) is 10.1. The molecule has 3 aromatic rings. The fourth-order valence-electron chi connectivity index (χ4n) is 2.07. The predicted octanol–water partition coefficient (Wildman–Crippen LogP) is 2.67. The standard InChI is InChI=1S/C15H14FN5/c1-9-3-5-12(8-13(9)16)21-15(18-19-20-21)11-4-6-14(17)10(2)7-11/h3-8H,17H2,1-2H3. The zero-order chi connectivity index (χ0) is 15.0. The molecule has 0 bridgehead atoms. The van der Waals surface area contributed by atoms with Gasteiger partial charge in [0.05, 0.1) is 5.69 Å². The Balaban J connectivity index is 2.12. The molecule has 0 aliphatic carbocycles. The quantitative estimate of drug-likeness (QED) is 0.734. The number of hydrogen-bond donors (Lipinski definition) is 1. The van der Waals surface area contributed by atoms with E-state index in [2.05, 4.69) is 15.5 Å². The molecule has 5 nitrogen and oxygen atoms in total. The highest BCUT2D eigenvalue weighted by atomic mass is 19.1. The summed E-state index contributed by atoms with van der Waals surface area (Å²) in [5.41, 5.74) is 9.45. The predicted molar refractivity (Wildman–Crippen MR) is 78.4 cm³/mol. The van der Waals surface area contributed by atoms with Crippen LogP contribution in [0.25, 0.3) is 17.1 Å². The van der Waals surface area contributed by atoms with E-state index in [1.807, 2.05) is 19.1 Å². The van der Waals surface area contributed by atoms with E-state index in [4.69, 9.17) is 5.73 Å². The van der Waals surface area contributed by atoms with Gasteiger partial charge in [0.1, 0.15) is 5.82 Å². The molecular weight excluding hydrogens is 269 g/mol. The van der Waals surface area contributed by atoms with E-state index in [0.29, 0.717) is 22.8 Å². The van der Waals surface area contributed by atoms with E-state index < -0.39 is 0 Å². The van der Waals surface area contributed by atoms with Crippen molar-refractivity contribution in [2.24, 2.45) is 0 Å². The Morgan fingerprint density at radius 1 is 1.05 bits per heavy atom. The van der Waals surface area contributed by atoms with E-state index in [-0.39, 0.29) is 5.82 Å². The van der Waals surface area contributed by atoms with Crippen LogP contribution in [0.4, 0.5) is 10.1 Å². The van der Waals surface area contributed by atoms with E-state index in [0.717, 1.165) is 11.1 Å². The van der Waals surface area contributed by atoms with Crippen molar-refractivity contribution in [3.63, 3.8) is 0 Å². The van der Waals surface area contributed by atoms with Crippen LogP contribution in [-0.4, -0.2) is 20.2 Å². The van der Waals surface area contributed by atoms with Gasteiger partial charge in [-0.05, 0) is 65.7 Å². The highest BCUT2D eigenvalue weighted by Gasteiger charge is 2.12. The zero-order valence-corrected chi connectivity index (χ0v) is 11.7. The minimum atomic E-state index is -0.289. The van der Waals surface area contributed by atoms with E-state index in [1.54, 1.807) is 25.1 Å². The second-order valence-corrected chi connectivity index (χ2v) is 4.92. The van der Waals surface area contributed by atoms with Crippen LogP contribution < -0.4 is 5.73 Å². The topological polar surface area (TPSA) is 69.6 Å². The molecule has 0 unspecified atom stereocenters. The van der Waals surface area contributed by atoms with Gasteiger partial charge < -0.3 is 5.73 Å². The fourth-order valence-corrected chi connectivity index (χ4v) is 2.07. The van der Waals surface area contributed by atoms with Crippen LogP contribution in [0.2, 0.25) is 0 Å². The number of nitrogens with two attached hydrogens (primary N) is 1. The lowest BCUT2D eigenvalue weighted by Gasteiger charge is -2.07. The number of anilines is 1. The molecule has 0 amide bonds. The Labute approximate surface area is 121 Å². The normalized spacial score (nSPS) is 10.8. The van der Waals surface area contributed by atoms with Crippen LogP contribution in [0.15, 0.2) is 36.4 Å². The Morgan fingerprint density at radius 3 is 2.57 bits per heavy atom. The smallest absolute Gasteiger partial charge is 0.187 e. The van der Waals surface area contributed by atoms with Gasteiger partial charge in [0.15, 0.2) is 5.82 Å². The molecule has 3 rings (SSSR count). The van der Waals surface area contributed by atoms with Gasteiger partial charge in [-0.3, -0.25) is 0 Å². The van der Waals surface area contributed by atoms with Crippen molar-refractivity contribution in [2.45, 2.75) is 13.8 Å². The lowest BCUT2D eigenvalue weighted by molar-refractivity contribution is 0.615. The number of benzene rings is 2. The van der Waals surface area contributed by atoms with Gasteiger partial charge in [-0.25, -0.2) is 4.39 Å². The molecular formula is C15H14FN5. The number of hydrogen-bond acceptors (Lipinski definition) is 4. The number of rotatable bonds is 2. The number of aromatic nitrogens is 4. The molecule has 2 aromatic carbocycles. The summed E-state index contributed by atoms with van der Waals surface area (Å²) in [5.74, 6) is 0.254. The van der Waals surface area contributed by atoms with Gasteiger partial charge in [0, 0.05) is 11.3 Å². The minimum absolute atomic E-state index is 0.289. The van der Waals surface area contributed by atoms with Crippen molar-refractivity contribution in [3.8, 4) is 17.1 Å². The number of nitrogens with zero attached hydrogens (tertiary/aromatic N) is 4. The summed E-state index contributed by atoms with van der Waals surface area (Å²) < 4.78 is 15.2. The lowest BCUT2D eigenvalue weighted by atomic mass is 10.1. The average Bonchev–Trinajstić information content (AvgIpc) is 2.94. The Morgan fingerprint density at radius 2 is 1.86 bits per heavy atom. The molecule has 0 aliphatic rings. The highest BCUT2D eigenvalue weighted by Crippen LogP contribution is 2.23. The summed E-state index contributed by atoms with van der Waals surface area (Å²) >= 11 is 0. The van der Waals surface area contributed by atoms with E-state index >= 15 is 0 Å². The molecule has 0 radical (unpaired) electrons. The first-order valence-corrected chi connectivity index (χ1v) is 6.47. The van der Waals surface area contributed by atoms with Crippen LogP contribution in [0.1, 0.15) is 11.1 Å². The van der Waals surface area contributed by atoms with Crippen molar-refractivity contribution in [3.05, 3.63) is 53.3 Å². The van der Waals surface area contributed by atoms with Gasteiger partial charge in [0.25, 0.3) is 0 Å². The summed E-state index contributed by atoms with van der Waals surface area (Å²) in [7, 11) is 0. The van der Waals surface area contributed by atoms with Crippen molar-refractivity contribution < 1.29 is 4.39 Å². The van der Waals surface area contributed by atoms with Gasteiger partial charge in [-0.2, -0.15) is 4.68 Å².